The Morgan fingerprint density at radius 3 is 2.39 bits per heavy atom. The Morgan fingerprint density at radius 1 is 1.10 bits per heavy atom. The van der Waals surface area contributed by atoms with Crippen LogP contribution in [0.15, 0.2) is 0 Å². The SMILES string of the molecule is COC(=O)CC1(C)OCC(C)(C)[C@H](C(=O)NCCC(=O)NCCSC(=O)CC(C)=O)O1. The summed E-state index contributed by atoms with van der Waals surface area (Å²) in [4.78, 5) is 58.4. The van der Waals surface area contributed by atoms with E-state index in [2.05, 4.69) is 15.4 Å². The number of methoxy groups -OCH3 is 1. The third-order valence-corrected chi connectivity index (χ3v) is 5.36. The van der Waals surface area contributed by atoms with Gasteiger partial charge in [0.05, 0.1) is 26.6 Å². The van der Waals surface area contributed by atoms with E-state index in [1.54, 1.807) is 6.92 Å². The second kappa shape index (κ2) is 12.2. The summed E-state index contributed by atoms with van der Waals surface area (Å²) in [5, 5.41) is 5.10. The topological polar surface area (TPSA) is 137 Å². The van der Waals surface area contributed by atoms with Crippen LogP contribution in [0, 0.1) is 5.41 Å². The Labute approximate surface area is 186 Å². The molecule has 2 amide bonds. The minimum Gasteiger partial charge on any atom is -0.469 e. The number of carbonyl (C=O) groups is 5. The lowest BCUT2D eigenvalue weighted by atomic mass is 9.85. The van der Waals surface area contributed by atoms with Crippen LogP contribution >= 0.6 is 11.8 Å². The number of rotatable bonds is 11. The van der Waals surface area contributed by atoms with Gasteiger partial charge >= 0.3 is 5.97 Å². The van der Waals surface area contributed by atoms with Crippen LogP contribution < -0.4 is 10.6 Å². The fourth-order valence-electron chi connectivity index (χ4n) is 2.78. The van der Waals surface area contributed by atoms with Gasteiger partial charge < -0.3 is 24.8 Å². The number of hydrogen-bond donors (Lipinski definition) is 2. The van der Waals surface area contributed by atoms with Gasteiger partial charge in [-0.15, -0.1) is 0 Å². The normalized spacial score (nSPS) is 22.3. The minimum atomic E-state index is -1.28. The quantitative estimate of drug-likeness (QED) is 0.257. The first kappa shape index (κ1) is 27.1. The summed E-state index contributed by atoms with van der Waals surface area (Å²) in [5.41, 5.74) is -0.633. The average Bonchev–Trinajstić information content (AvgIpc) is 2.66. The van der Waals surface area contributed by atoms with Crippen LogP contribution in [-0.2, 0) is 38.2 Å². The molecule has 11 heteroatoms. The number of amides is 2. The summed E-state index contributed by atoms with van der Waals surface area (Å²) in [5.74, 6) is -2.30. The van der Waals surface area contributed by atoms with Crippen LogP contribution in [0.2, 0.25) is 0 Å². The predicted molar refractivity (Wildman–Crippen MR) is 113 cm³/mol. The largest absolute Gasteiger partial charge is 0.469 e. The second-order valence-electron chi connectivity index (χ2n) is 8.15. The van der Waals surface area contributed by atoms with E-state index in [1.807, 2.05) is 13.8 Å². The van der Waals surface area contributed by atoms with E-state index in [-0.39, 0.29) is 55.8 Å². The average molecular weight is 461 g/mol. The number of hydrogen-bond acceptors (Lipinski definition) is 9. The van der Waals surface area contributed by atoms with Gasteiger partial charge in [-0.25, -0.2) is 0 Å². The van der Waals surface area contributed by atoms with Crippen molar-refractivity contribution in [3.63, 3.8) is 0 Å². The van der Waals surface area contributed by atoms with Gasteiger partial charge in [-0.2, -0.15) is 0 Å². The predicted octanol–water partition coefficient (Wildman–Crippen LogP) is 0.569. The van der Waals surface area contributed by atoms with Crippen LogP contribution in [-0.4, -0.2) is 73.1 Å². The highest BCUT2D eigenvalue weighted by atomic mass is 32.2. The molecule has 1 rings (SSSR count). The molecular weight excluding hydrogens is 428 g/mol. The van der Waals surface area contributed by atoms with E-state index in [0.29, 0.717) is 5.75 Å². The molecule has 0 saturated carbocycles. The number of esters is 1. The molecule has 0 aromatic rings. The summed E-state index contributed by atoms with van der Waals surface area (Å²) in [6.07, 6.45) is -1.09. The Morgan fingerprint density at radius 2 is 1.77 bits per heavy atom. The lowest BCUT2D eigenvalue weighted by Gasteiger charge is -2.45. The van der Waals surface area contributed by atoms with Crippen molar-refractivity contribution in [2.24, 2.45) is 5.41 Å². The van der Waals surface area contributed by atoms with Crippen LogP contribution in [0.25, 0.3) is 0 Å². The molecule has 1 unspecified atom stereocenters. The van der Waals surface area contributed by atoms with Crippen molar-refractivity contribution < 1.29 is 38.2 Å². The Bertz CT molecular complexity index is 697. The Kier molecular flexibility index (Phi) is 10.6. The first-order valence-corrected chi connectivity index (χ1v) is 10.9. The van der Waals surface area contributed by atoms with Gasteiger partial charge in [0, 0.05) is 30.7 Å². The number of nitrogens with one attached hydrogen (secondary N) is 2. The summed E-state index contributed by atoms with van der Waals surface area (Å²) >= 11 is 0.994. The van der Waals surface area contributed by atoms with Gasteiger partial charge in [-0.3, -0.25) is 24.0 Å². The van der Waals surface area contributed by atoms with Crippen LogP contribution in [0.1, 0.15) is 47.0 Å². The van der Waals surface area contributed by atoms with E-state index in [1.165, 1.54) is 14.0 Å². The molecule has 1 fully saturated rings. The third kappa shape index (κ3) is 9.79. The fraction of sp³-hybridized carbons (Fsp3) is 0.750. The molecule has 0 aromatic heterocycles. The van der Waals surface area contributed by atoms with Crippen molar-refractivity contribution >= 4 is 40.4 Å². The standard InChI is InChI=1S/C20H32N2O8S/c1-13(23)10-16(26)31-9-8-21-14(24)6-7-22-18(27)17-19(2,3)12-29-20(4,30-17)11-15(25)28-5/h17H,6-12H2,1-5H3,(H,21,24)(H,22,27)/t17-,20?/m0/s1. The maximum absolute atomic E-state index is 12.7. The molecule has 0 radical (unpaired) electrons. The molecule has 0 aliphatic carbocycles. The van der Waals surface area contributed by atoms with Gasteiger partial charge in [0.25, 0.3) is 0 Å². The molecule has 1 saturated heterocycles. The highest BCUT2D eigenvalue weighted by Crippen LogP contribution is 2.36. The number of thioether (sulfide) groups is 1. The molecule has 1 heterocycles. The first-order valence-electron chi connectivity index (χ1n) is 9.96. The second-order valence-corrected chi connectivity index (χ2v) is 9.30. The third-order valence-electron chi connectivity index (χ3n) is 4.49. The summed E-state index contributed by atoms with van der Waals surface area (Å²) in [6.45, 7) is 7.14. The lowest BCUT2D eigenvalue weighted by Crippen LogP contribution is -2.58. The molecule has 0 aromatic carbocycles. The zero-order chi connectivity index (χ0) is 23.7. The van der Waals surface area contributed by atoms with Crippen molar-refractivity contribution in [2.45, 2.75) is 58.8 Å². The number of ether oxygens (including phenoxy) is 3. The number of Topliss-reactive ketones (excluding diaryl/α,β-unsaturated/α-hetero) is 1. The van der Waals surface area contributed by atoms with Crippen LogP contribution in [0.4, 0.5) is 0 Å². The van der Waals surface area contributed by atoms with E-state index in [4.69, 9.17) is 9.47 Å². The molecule has 0 spiro atoms. The van der Waals surface area contributed by atoms with Crippen molar-refractivity contribution in [1.82, 2.24) is 10.6 Å². The smallest absolute Gasteiger partial charge is 0.310 e. The lowest BCUT2D eigenvalue weighted by molar-refractivity contribution is -0.313. The maximum atomic E-state index is 12.7. The highest BCUT2D eigenvalue weighted by molar-refractivity contribution is 8.13. The van der Waals surface area contributed by atoms with Gasteiger partial charge in [0.1, 0.15) is 11.9 Å². The summed E-state index contributed by atoms with van der Waals surface area (Å²) < 4.78 is 16.1. The van der Waals surface area contributed by atoms with E-state index >= 15 is 0 Å². The molecule has 1 aliphatic rings. The molecule has 176 valence electrons. The molecule has 31 heavy (non-hydrogen) atoms. The molecule has 2 N–H and O–H groups in total. The number of carbonyl (C=O) groups excluding carboxylic acids is 5. The minimum absolute atomic E-state index is 0.0564. The highest BCUT2D eigenvalue weighted by Gasteiger charge is 2.48. The molecule has 1 aliphatic heterocycles. The Hall–Kier alpha value is -1.98. The zero-order valence-electron chi connectivity index (χ0n) is 18.7. The van der Waals surface area contributed by atoms with Crippen molar-refractivity contribution in [3.05, 3.63) is 0 Å². The van der Waals surface area contributed by atoms with Gasteiger partial charge in [0.2, 0.25) is 11.8 Å². The van der Waals surface area contributed by atoms with Crippen LogP contribution in [0.5, 0.6) is 0 Å². The first-order chi connectivity index (χ1) is 14.4. The molecule has 2 atom stereocenters. The molecule has 10 nitrogen and oxygen atoms in total. The number of ketones is 1. The van der Waals surface area contributed by atoms with Gasteiger partial charge in [-0.1, -0.05) is 25.6 Å². The monoisotopic (exact) mass is 460 g/mol. The maximum Gasteiger partial charge on any atom is 0.310 e. The van der Waals surface area contributed by atoms with E-state index in [0.717, 1.165) is 11.8 Å². The van der Waals surface area contributed by atoms with Crippen molar-refractivity contribution in [2.75, 3.05) is 32.6 Å². The zero-order valence-corrected chi connectivity index (χ0v) is 19.5. The Balaban J connectivity index is 2.40. The summed E-state index contributed by atoms with van der Waals surface area (Å²) in [7, 11) is 1.26. The van der Waals surface area contributed by atoms with Gasteiger partial charge in [0.15, 0.2) is 10.9 Å². The van der Waals surface area contributed by atoms with Gasteiger partial charge in [-0.05, 0) is 13.8 Å². The van der Waals surface area contributed by atoms with Crippen molar-refractivity contribution in [3.8, 4) is 0 Å². The van der Waals surface area contributed by atoms with E-state index in [9.17, 15) is 24.0 Å². The molecule has 0 bridgehead atoms. The van der Waals surface area contributed by atoms with E-state index < -0.39 is 29.2 Å². The van der Waals surface area contributed by atoms with Crippen LogP contribution in [0.3, 0.4) is 0 Å². The summed E-state index contributed by atoms with van der Waals surface area (Å²) in [6, 6.07) is 0. The molecular formula is C20H32N2O8S. The fourth-order valence-corrected chi connectivity index (χ4v) is 3.52. The van der Waals surface area contributed by atoms with Crippen molar-refractivity contribution in [1.29, 1.82) is 0 Å².